The number of hydrogen-bond acceptors (Lipinski definition) is 5. The summed E-state index contributed by atoms with van der Waals surface area (Å²) in [6.45, 7) is 4.85. The molecule has 0 aliphatic carbocycles. The molecule has 1 unspecified atom stereocenters. The second kappa shape index (κ2) is 8.71. The summed E-state index contributed by atoms with van der Waals surface area (Å²) >= 11 is 1.24. The number of hydrogen-bond donors (Lipinski definition) is 3. The zero-order valence-electron chi connectivity index (χ0n) is 12.9. The number of halogens is 1. The van der Waals surface area contributed by atoms with E-state index in [1.807, 2.05) is 13.8 Å². The summed E-state index contributed by atoms with van der Waals surface area (Å²) in [5, 5.41) is 6.17. The van der Waals surface area contributed by atoms with Gasteiger partial charge in [0.1, 0.15) is 0 Å². The minimum atomic E-state index is -0.338. The number of carbonyl (C=O) groups excluding carboxylic acids is 2. The lowest BCUT2D eigenvalue weighted by atomic mass is 10.2. The van der Waals surface area contributed by atoms with Gasteiger partial charge in [0.15, 0.2) is 5.76 Å². The van der Waals surface area contributed by atoms with Gasteiger partial charge in [-0.25, -0.2) is 0 Å². The molecular weight excluding hydrogens is 338 g/mol. The van der Waals surface area contributed by atoms with E-state index in [0.29, 0.717) is 23.0 Å². The number of nitrogens with one attached hydrogen (secondary N) is 2. The SMILES string of the molecule is Cc1cc(NC(=O)c2ccco2)sc1C(=O)NCC(C)CN.Cl. The summed E-state index contributed by atoms with van der Waals surface area (Å²) in [5.74, 6) is -0.0348. The van der Waals surface area contributed by atoms with Crippen molar-refractivity contribution in [3.05, 3.63) is 40.7 Å². The zero-order valence-corrected chi connectivity index (χ0v) is 14.6. The zero-order chi connectivity index (χ0) is 16.1. The fraction of sp³-hybridized carbons (Fsp3) is 0.333. The smallest absolute Gasteiger partial charge is 0.291 e. The second-order valence-electron chi connectivity index (χ2n) is 5.11. The predicted molar refractivity (Wildman–Crippen MR) is 93.5 cm³/mol. The molecule has 23 heavy (non-hydrogen) atoms. The monoisotopic (exact) mass is 357 g/mol. The van der Waals surface area contributed by atoms with E-state index >= 15 is 0 Å². The van der Waals surface area contributed by atoms with Crippen molar-refractivity contribution in [2.45, 2.75) is 13.8 Å². The van der Waals surface area contributed by atoms with Gasteiger partial charge in [-0.1, -0.05) is 6.92 Å². The molecule has 2 aromatic rings. The van der Waals surface area contributed by atoms with Crippen LogP contribution in [0.1, 0.15) is 32.7 Å². The molecule has 126 valence electrons. The summed E-state index contributed by atoms with van der Waals surface area (Å²) < 4.78 is 5.03. The molecule has 6 nitrogen and oxygen atoms in total. The van der Waals surface area contributed by atoms with Crippen molar-refractivity contribution in [1.82, 2.24) is 5.32 Å². The van der Waals surface area contributed by atoms with Gasteiger partial charge in [-0.3, -0.25) is 9.59 Å². The first-order valence-electron chi connectivity index (χ1n) is 6.94. The number of carbonyl (C=O) groups is 2. The van der Waals surface area contributed by atoms with E-state index in [-0.39, 0.29) is 35.9 Å². The van der Waals surface area contributed by atoms with Gasteiger partial charge in [0.05, 0.1) is 16.1 Å². The first-order valence-corrected chi connectivity index (χ1v) is 7.76. The predicted octanol–water partition coefficient (Wildman–Crippen LogP) is 2.65. The number of aryl methyl sites for hydroxylation is 1. The summed E-state index contributed by atoms with van der Waals surface area (Å²) in [5.41, 5.74) is 6.34. The van der Waals surface area contributed by atoms with Crippen molar-refractivity contribution < 1.29 is 14.0 Å². The molecule has 0 aliphatic heterocycles. The molecule has 0 spiro atoms. The summed E-state index contributed by atoms with van der Waals surface area (Å²) in [7, 11) is 0. The first kappa shape index (κ1) is 19.2. The van der Waals surface area contributed by atoms with Gasteiger partial charge in [0.25, 0.3) is 11.8 Å². The minimum Gasteiger partial charge on any atom is -0.459 e. The minimum absolute atomic E-state index is 0. The van der Waals surface area contributed by atoms with E-state index in [1.54, 1.807) is 18.2 Å². The van der Waals surface area contributed by atoms with Crippen molar-refractivity contribution >= 4 is 40.6 Å². The Labute approximate surface area is 144 Å². The fourth-order valence-corrected chi connectivity index (χ4v) is 2.77. The summed E-state index contributed by atoms with van der Waals surface area (Å²) in [4.78, 5) is 24.6. The molecule has 4 N–H and O–H groups in total. The molecular formula is C15H20ClN3O3S. The van der Waals surface area contributed by atoms with Crippen molar-refractivity contribution in [3.63, 3.8) is 0 Å². The Hall–Kier alpha value is -1.83. The number of rotatable bonds is 6. The van der Waals surface area contributed by atoms with Crippen LogP contribution in [-0.4, -0.2) is 24.9 Å². The Morgan fingerprint density at radius 3 is 2.74 bits per heavy atom. The lowest BCUT2D eigenvalue weighted by molar-refractivity contribution is 0.0950. The summed E-state index contributed by atoms with van der Waals surface area (Å²) in [6.07, 6.45) is 1.44. The molecule has 1 atom stereocenters. The molecule has 0 aliphatic rings. The van der Waals surface area contributed by atoms with Crippen LogP contribution in [0, 0.1) is 12.8 Å². The van der Waals surface area contributed by atoms with Crippen molar-refractivity contribution in [3.8, 4) is 0 Å². The largest absolute Gasteiger partial charge is 0.459 e. The fourth-order valence-electron chi connectivity index (χ4n) is 1.78. The third-order valence-corrected chi connectivity index (χ3v) is 4.27. The third-order valence-electron chi connectivity index (χ3n) is 3.12. The molecule has 8 heteroatoms. The van der Waals surface area contributed by atoms with Gasteiger partial charge in [-0.05, 0) is 43.1 Å². The molecule has 2 aromatic heterocycles. The van der Waals surface area contributed by atoms with Crippen LogP contribution >= 0.6 is 23.7 Å². The molecule has 2 rings (SSSR count). The van der Waals surface area contributed by atoms with E-state index in [2.05, 4.69) is 10.6 Å². The molecule has 0 saturated heterocycles. The molecule has 0 saturated carbocycles. The quantitative estimate of drug-likeness (QED) is 0.740. The topological polar surface area (TPSA) is 97.4 Å². The number of thiophene rings is 1. The Bertz CT molecular complexity index is 655. The molecule has 2 heterocycles. The van der Waals surface area contributed by atoms with Crippen LogP contribution in [0.3, 0.4) is 0 Å². The van der Waals surface area contributed by atoms with Gasteiger partial charge in [0, 0.05) is 6.54 Å². The molecule has 0 aromatic carbocycles. The highest BCUT2D eigenvalue weighted by Gasteiger charge is 2.16. The lowest BCUT2D eigenvalue weighted by Crippen LogP contribution is -2.31. The second-order valence-corrected chi connectivity index (χ2v) is 6.16. The average Bonchev–Trinajstić information content (AvgIpc) is 3.14. The van der Waals surface area contributed by atoms with E-state index < -0.39 is 0 Å². The average molecular weight is 358 g/mol. The van der Waals surface area contributed by atoms with Gasteiger partial charge in [0.2, 0.25) is 0 Å². The number of anilines is 1. The van der Waals surface area contributed by atoms with Crippen LogP contribution in [0.15, 0.2) is 28.9 Å². The maximum atomic E-state index is 12.1. The van der Waals surface area contributed by atoms with Gasteiger partial charge in [-0.2, -0.15) is 0 Å². The molecule has 0 fully saturated rings. The standard InChI is InChI=1S/C15H19N3O3S.ClH/c1-9(7-16)8-17-15(20)13-10(2)6-12(22-13)18-14(19)11-4-3-5-21-11;/h3-6,9H,7-8,16H2,1-2H3,(H,17,20)(H,18,19);1H. The number of furan rings is 1. The Morgan fingerprint density at radius 2 is 2.13 bits per heavy atom. The summed E-state index contributed by atoms with van der Waals surface area (Å²) in [6, 6.07) is 5.00. The van der Waals surface area contributed by atoms with E-state index in [1.165, 1.54) is 17.6 Å². The normalized spacial score (nSPS) is 11.4. The Morgan fingerprint density at radius 1 is 1.39 bits per heavy atom. The van der Waals surface area contributed by atoms with Crippen molar-refractivity contribution in [2.75, 3.05) is 18.4 Å². The highest BCUT2D eigenvalue weighted by atomic mass is 35.5. The number of amides is 2. The third kappa shape index (κ3) is 5.09. The highest BCUT2D eigenvalue weighted by Crippen LogP contribution is 2.27. The van der Waals surface area contributed by atoms with Crippen LogP contribution in [-0.2, 0) is 0 Å². The maximum absolute atomic E-state index is 12.1. The van der Waals surface area contributed by atoms with Gasteiger partial charge >= 0.3 is 0 Å². The molecule has 0 bridgehead atoms. The van der Waals surface area contributed by atoms with E-state index in [4.69, 9.17) is 10.2 Å². The van der Waals surface area contributed by atoms with Crippen molar-refractivity contribution in [2.24, 2.45) is 11.7 Å². The lowest BCUT2D eigenvalue weighted by Gasteiger charge is -2.09. The number of nitrogens with two attached hydrogens (primary N) is 1. The van der Waals surface area contributed by atoms with Crippen LogP contribution < -0.4 is 16.4 Å². The first-order chi connectivity index (χ1) is 10.5. The Kier molecular flexibility index (Phi) is 7.28. The van der Waals surface area contributed by atoms with E-state index in [0.717, 1.165) is 5.56 Å². The van der Waals surface area contributed by atoms with Crippen LogP contribution in [0.5, 0.6) is 0 Å². The Balaban J connectivity index is 0.00000264. The van der Waals surface area contributed by atoms with Crippen molar-refractivity contribution in [1.29, 1.82) is 0 Å². The van der Waals surface area contributed by atoms with E-state index in [9.17, 15) is 9.59 Å². The molecule has 0 radical (unpaired) electrons. The maximum Gasteiger partial charge on any atom is 0.291 e. The van der Waals surface area contributed by atoms with Crippen LogP contribution in [0.2, 0.25) is 0 Å². The van der Waals surface area contributed by atoms with Crippen LogP contribution in [0.4, 0.5) is 5.00 Å². The van der Waals surface area contributed by atoms with Gasteiger partial charge < -0.3 is 20.8 Å². The van der Waals surface area contributed by atoms with Gasteiger partial charge in [-0.15, -0.1) is 23.7 Å². The highest BCUT2D eigenvalue weighted by molar-refractivity contribution is 7.18. The molecule has 2 amide bonds. The van der Waals surface area contributed by atoms with Crippen LogP contribution in [0.25, 0.3) is 0 Å².